The molecule has 0 spiro atoms. The molecule has 0 aliphatic heterocycles. The van der Waals surface area contributed by atoms with E-state index in [1.807, 2.05) is 0 Å². The van der Waals surface area contributed by atoms with Crippen molar-refractivity contribution >= 4 is 8.32 Å². The van der Waals surface area contributed by atoms with E-state index in [1.54, 1.807) is 0 Å². The van der Waals surface area contributed by atoms with Gasteiger partial charge in [0.2, 0.25) is 8.32 Å². The smallest absolute Gasteiger partial charge is 0.200 e. The van der Waals surface area contributed by atoms with Crippen LogP contribution in [0.25, 0.3) is 0 Å². The predicted octanol–water partition coefficient (Wildman–Crippen LogP) is 4.90. The minimum atomic E-state index is -1.75. The maximum Gasteiger partial charge on any atom is 0.200 e. The second-order valence-electron chi connectivity index (χ2n) is 7.30. The first kappa shape index (κ1) is 17.9. The first-order chi connectivity index (χ1) is 9.34. The van der Waals surface area contributed by atoms with Gasteiger partial charge in [-0.15, -0.1) is 0 Å². The zero-order valence-electron chi connectivity index (χ0n) is 14.3. The summed E-state index contributed by atoms with van der Waals surface area (Å²) in [5.41, 5.74) is 3.33. The number of hydrogen-bond acceptors (Lipinski definition) is 2. The highest BCUT2D eigenvalue weighted by Gasteiger charge is 2.45. The fourth-order valence-corrected chi connectivity index (χ4v) is 9.51. The number of allylic oxidation sites excluding steroid dienone is 1. The number of hydrogen-bond donors (Lipinski definition) is 1. The van der Waals surface area contributed by atoms with Gasteiger partial charge in [-0.05, 0) is 47.4 Å². The maximum atomic E-state index is 9.34. The summed E-state index contributed by atoms with van der Waals surface area (Å²) in [6.45, 7) is 15.1. The normalized spacial score (nSPS) is 20.9. The molecule has 1 aliphatic carbocycles. The SMILES string of the molecule is CC(C)[Si](OCC1=CCCC(CO)C1)(C(C)C)C(C)C. The van der Waals surface area contributed by atoms with Crippen molar-refractivity contribution in [2.75, 3.05) is 13.2 Å². The molecule has 0 radical (unpaired) electrons. The van der Waals surface area contributed by atoms with Gasteiger partial charge in [-0.3, -0.25) is 0 Å². The monoisotopic (exact) mass is 298 g/mol. The molecule has 1 aliphatic rings. The van der Waals surface area contributed by atoms with Crippen LogP contribution in [-0.4, -0.2) is 26.6 Å². The minimum Gasteiger partial charge on any atom is -0.412 e. The molecule has 0 saturated heterocycles. The van der Waals surface area contributed by atoms with E-state index >= 15 is 0 Å². The van der Waals surface area contributed by atoms with Crippen molar-refractivity contribution in [1.29, 1.82) is 0 Å². The molecule has 0 saturated carbocycles. The zero-order valence-corrected chi connectivity index (χ0v) is 15.3. The van der Waals surface area contributed by atoms with Gasteiger partial charge in [-0.1, -0.05) is 47.6 Å². The highest BCUT2D eigenvalue weighted by atomic mass is 28.4. The minimum absolute atomic E-state index is 0.318. The molecule has 0 aromatic rings. The number of aliphatic hydroxyl groups is 1. The first-order valence-corrected chi connectivity index (χ1v) is 10.4. The quantitative estimate of drug-likeness (QED) is 0.535. The molecule has 0 fully saturated rings. The summed E-state index contributed by atoms with van der Waals surface area (Å²) >= 11 is 0. The van der Waals surface area contributed by atoms with Crippen LogP contribution in [0.4, 0.5) is 0 Å². The lowest BCUT2D eigenvalue weighted by Crippen LogP contribution is -2.48. The van der Waals surface area contributed by atoms with Crippen LogP contribution < -0.4 is 0 Å². The van der Waals surface area contributed by atoms with Gasteiger partial charge in [-0.25, -0.2) is 0 Å². The van der Waals surface area contributed by atoms with Crippen LogP contribution in [0.5, 0.6) is 0 Å². The van der Waals surface area contributed by atoms with Gasteiger partial charge in [0, 0.05) is 6.61 Å². The summed E-state index contributed by atoms with van der Waals surface area (Å²) in [7, 11) is -1.75. The summed E-state index contributed by atoms with van der Waals surface area (Å²) < 4.78 is 6.64. The van der Waals surface area contributed by atoms with Crippen molar-refractivity contribution in [1.82, 2.24) is 0 Å². The van der Waals surface area contributed by atoms with E-state index in [0.717, 1.165) is 25.9 Å². The first-order valence-electron chi connectivity index (χ1n) is 8.27. The molecule has 3 heteroatoms. The molecule has 0 bridgehead atoms. The van der Waals surface area contributed by atoms with Crippen LogP contribution in [0.15, 0.2) is 11.6 Å². The highest BCUT2D eigenvalue weighted by Crippen LogP contribution is 2.42. The van der Waals surface area contributed by atoms with Crippen LogP contribution in [0.3, 0.4) is 0 Å². The highest BCUT2D eigenvalue weighted by molar-refractivity contribution is 6.77. The largest absolute Gasteiger partial charge is 0.412 e. The van der Waals surface area contributed by atoms with Gasteiger partial charge < -0.3 is 9.53 Å². The third-order valence-electron chi connectivity index (χ3n) is 5.03. The maximum absolute atomic E-state index is 9.34. The average Bonchev–Trinajstić information content (AvgIpc) is 2.38. The summed E-state index contributed by atoms with van der Waals surface area (Å²) in [4.78, 5) is 0. The van der Waals surface area contributed by atoms with Crippen molar-refractivity contribution in [2.45, 2.75) is 77.4 Å². The fraction of sp³-hybridized carbons (Fsp3) is 0.882. The number of aliphatic hydroxyl groups excluding tert-OH is 1. The molecule has 0 amide bonds. The van der Waals surface area contributed by atoms with Crippen LogP contribution in [0.1, 0.15) is 60.8 Å². The molecule has 2 nitrogen and oxygen atoms in total. The Kier molecular flexibility index (Phi) is 6.96. The molecule has 1 unspecified atom stereocenters. The van der Waals surface area contributed by atoms with Crippen molar-refractivity contribution in [3.05, 3.63) is 11.6 Å². The van der Waals surface area contributed by atoms with Gasteiger partial charge in [0.05, 0.1) is 6.61 Å². The molecule has 1 N–H and O–H groups in total. The van der Waals surface area contributed by atoms with Crippen LogP contribution >= 0.6 is 0 Å². The second-order valence-corrected chi connectivity index (χ2v) is 12.8. The standard InChI is InChI=1S/C17H34O2Si/c1-13(2)20(14(3)4,15(5)6)19-12-17-9-7-8-16(10-17)11-18/h9,13-16,18H,7-8,10-12H2,1-6H3. The van der Waals surface area contributed by atoms with Crippen molar-refractivity contribution in [3.8, 4) is 0 Å². The topological polar surface area (TPSA) is 29.5 Å². The lowest BCUT2D eigenvalue weighted by Gasteiger charge is -2.42. The Labute approximate surface area is 126 Å². The molecule has 0 aromatic heterocycles. The molecule has 118 valence electrons. The van der Waals surface area contributed by atoms with Crippen LogP contribution in [-0.2, 0) is 4.43 Å². The zero-order chi connectivity index (χ0) is 15.3. The van der Waals surface area contributed by atoms with E-state index in [9.17, 15) is 5.11 Å². The second kappa shape index (κ2) is 7.76. The van der Waals surface area contributed by atoms with Gasteiger partial charge in [0.25, 0.3) is 0 Å². The van der Waals surface area contributed by atoms with Crippen LogP contribution in [0.2, 0.25) is 16.6 Å². The van der Waals surface area contributed by atoms with E-state index in [1.165, 1.54) is 5.57 Å². The Hall–Kier alpha value is -0.123. The van der Waals surface area contributed by atoms with Gasteiger partial charge in [0.1, 0.15) is 0 Å². The van der Waals surface area contributed by atoms with Gasteiger partial charge in [0.15, 0.2) is 0 Å². The fourth-order valence-electron chi connectivity index (χ4n) is 4.07. The van der Waals surface area contributed by atoms with Gasteiger partial charge >= 0.3 is 0 Å². The van der Waals surface area contributed by atoms with E-state index in [0.29, 0.717) is 29.1 Å². The molecule has 0 heterocycles. The average molecular weight is 299 g/mol. The van der Waals surface area contributed by atoms with E-state index < -0.39 is 8.32 Å². The molecule has 1 rings (SSSR count). The molecule has 0 aromatic carbocycles. The Morgan fingerprint density at radius 3 is 2.15 bits per heavy atom. The lowest BCUT2D eigenvalue weighted by molar-refractivity contribution is 0.207. The predicted molar refractivity (Wildman–Crippen MR) is 89.5 cm³/mol. The Morgan fingerprint density at radius 2 is 1.70 bits per heavy atom. The van der Waals surface area contributed by atoms with Crippen molar-refractivity contribution < 1.29 is 9.53 Å². The van der Waals surface area contributed by atoms with E-state index in [4.69, 9.17) is 4.43 Å². The summed E-state index contributed by atoms with van der Waals surface area (Å²) in [5, 5.41) is 9.34. The van der Waals surface area contributed by atoms with Crippen molar-refractivity contribution in [2.24, 2.45) is 5.92 Å². The molecule has 20 heavy (non-hydrogen) atoms. The summed E-state index contributed by atoms with van der Waals surface area (Å²) in [5.74, 6) is 0.451. The van der Waals surface area contributed by atoms with E-state index in [2.05, 4.69) is 47.6 Å². The third-order valence-corrected chi connectivity index (χ3v) is 11.1. The Balaban J connectivity index is 2.75. The van der Waals surface area contributed by atoms with Crippen LogP contribution in [0, 0.1) is 5.92 Å². The molecular formula is C17H34O2Si. The summed E-state index contributed by atoms with van der Waals surface area (Å²) in [6, 6.07) is 0. The lowest BCUT2D eigenvalue weighted by atomic mass is 9.90. The Bertz CT molecular complexity index is 299. The third kappa shape index (κ3) is 3.96. The summed E-state index contributed by atoms with van der Waals surface area (Å²) in [6.07, 6.45) is 5.59. The molecule has 1 atom stereocenters. The van der Waals surface area contributed by atoms with Crippen molar-refractivity contribution in [3.63, 3.8) is 0 Å². The van der Waals surface area contributed by atoms with E-state index in [-0.39, 0.29) is 0 Å². The van der Waals surface area contributed by atoms with Gasteiger partial charge in [-0.2, -0.15) is 0 Å². The number of rotatable bonds is 7. The molecular weight excluding hydrogens is 264 g/mol. The Morgan fingerprint density at radius 1 is 1.15 bits per heavy atom.